The maximum absolute atomic E-state index is 11.8. The van der Waals surface area contributed by atoms with Crippen molar-refractivity contribution in [3.8, 4) is 0 Å². The summed E-state index contributed by atoms with van der Waals surface area (Å²) in [6.45, 7) is 2.09. The average molecular weight is 254 g/mol. The molecule has 5 heteroatoms. The van der Waals surface area contributed by atoms with Crippen LogP contribution in [0.3, 0.4) is 0 Å². The number of rotatable bonds is 2. The van der Waals surface area contributed by atoms with E-state index in [2.05, 4.69) is 0 Å². The number of aryl methyl sites for hydroxylation is 1. The van der Waals surface area contributed by atoms with Crippen LogP contribution >= 0.6 is 11.6 Å². The monoisotopic (exact) mass is 253 g/mol. The number of anilines is 1. The van der Waals surface area contributed by atoms with Crippen LogP contribution in [0.2, 0.25) is 5.02 Å². The Labute approximate surface area is 104 Å². The molecule has 1 aliphatic heterocycles. The molecule has 2 rings (SSSR count). The second-order valence-corrected chi connectivity index (χ2v) is 4.61. The van der Waals surface area contributed by atoms with E-state index in [9.17, 15) is 9.59 Å². The Hall–Kier alpha value is -1.55. The van der Waals surface area contributed by atoms with Crippen LogP contribution in [0.1, 0.15) is 12.0 Å². The molecule has 1 heterocycles. The van der Waals surface area contributed by atoms with Gasteiger partial charge in [0.2, 0.25) is 5.91 Å². The Bertz CT molecular complexity index is 487. The van der Waals surface area contributed by atoms with E-state index in [4.69, 9.17) is 16.7 Å². The van der Waals surface area contributed by atoms with Crippen LogP contribution < -0.4 is 4.90 Å². The molecule has 1 fully saturated rings. The summed E-state index contributed by atoms with van der Waals surface area (Å²) in [7, 11) is 0. The number of carboxylic acids is 1. The maximum atomic E-state index is 11.8. The predicted octanol–water partition coefficient (Wildman–Crippen LogP) is 2.09. The second kappa shape index (κ2) is 4.37. The van der Waals surface area contributed by atoms with Crippen molar-refractivity contribution in [3.63, 3.8) is 0 Å². The Morgan fingerprint density at radius 2 is 2.24 bits per heavy atom. The van der Waals surface area contributed by atoms with E-state index in [1.807, 2.05) is 13.0 Å². The van der Waals surface area contributed by atoms with Crippen LogP contribution in [0.25, 0.3) is 0 Å². The molecular weight excluding hydrogens is 242 g/mol. The van der Waals surface area contributed by atoms with Crippen molar-refractivity contribution in [1.29, 1.82) is 0 Å². The number of carbonyl (C=O) groups excluding carboxylic acids is 1. The minimum Gasteiger partial charge on any atom is -0.481 e. The summed E-state index contributed by atoms with van der Waals surface area (Å²) < 4.78 is 0. The largest absolute Gasteiger partial charge is 0.481 e. The summed E-state index contributed by atoms with van der Waals surface area (Å²) in [5.74, 6) is -1.72. The van der Waals surface area contributed by atoms with Crippen LogP contribution in [-0.4, -0.2) is 23.5 Å². The van der Waals surface area contributed by atoms with Crippen molar-refractivity contribution in [3.05, 3.63) is 28.8 Å². The highest BCUT2D eigenvalue weighted by Gasteiger charge is 2.35. The first-order valence-electron chi connectivity index (χ1n) is 5.28. The quantitative estimate of drug-likeness (QED) is 0.878. The van der Waals surface area contributed by atoms with Gasteiger partial charge in [-0.1, -0.05) is 17.7 Å². The third kappa shape index (κ3) is 2.26. The standard InChI is InChI=1S/C12H12ClNO3/c1-7-2-3-9(13)5-10(7)14-6-8(12(16)17)4-11(14)15/h2-3,5,8H,4,6H2,1H3,(H,16,17)/t8-/m0/s1. The molecule has 1 aliphatic rings. The highest BCUT2D eigenvalue weighted by atomic mass is 35.5. The number of amides is 1. The molecule has 1 aromatic carbocycles. The normalized spacial score (nSPS) is 19.8. The van der Waals surface area contributed by atoms with Crippen LogP contribution in [-0.2, 0) is 9.59 Å². The van der Waals surface area contributed by atoms with Gasteiger partial charge in [0.1, 0.15) is 0 Å². The first kappa shape index (κ1) is 11.9. The lowest BCUT2D eigenvalue weighted by Crippen LogP contribution is -2.26. The lowest BCUT2D eigenvalue weighted by Gasteiger charge is -2.18. The van der Waals surface area contributed by atoms with Crippen molar-refractivity contribution in [2.24, 2.45) is 5.92 Å². The van der Waals surface area contributed by atoms with Crippen molar-refractivity contribution in [1.82, 2.24) is 0 Å². The molecule has 0 aromatic heterocycles. The van der Waals surface area contributed by atoms with Gasteiger partial charge in [0, 0.05) is 23.7 Å². The van der Waals surface area contributed by atoms with Crippen molar-refractivity contribution >= 4 is 29.2 Å². The van der Waals surface area contributed by atoms with E-state index in [1.54, 1.807) is 12.1 Å². The number of aliphatic carboxylic acids is 1. The van der Waals surface area contributed by atoms with Gasteiger partial charge in [0.15, 0.2) is 0 Å². The van der Waals surface area contributed by atoms with Gasteiger partial charge in [-0.05, 0) is 24.6 Å². The van der Waals surface area contributed by atoms with E-state index in [1.165, 1.54) is 4.90 Å². The average Bonchev–Trinajstić information content (AvgIpc) is 2.64. The van der Waals surface area contributed by atoms with Gasteiger partial charge < -0.3 is 10.0 Å². The predicted molar refractivity (Wildman–Crippen MR) is 64.3 cm³/mol. The van der Waals surface area contributed by atoms with Crippen LogP contribution in [0.4, 0.5) is 5.69 Å². The third-order valence-corrected chi connectivity index (χ3v) is 3.17. The Kier molecular flexibility index (Phi) is 3.07. The summed E-state index contributed by atoms with van der Waals surface area (Å²) in [5.41, 5.74) is 1.61. The molecule has 1 atom stereocenters. The molecule has 1 amide bonds. The molecule has 0 spiro atoms. The summed E-state index contributed by atoms with van der Waals surface area (Å²) in [6, 6.07) is 5.26. The molecule has 0 saturated carbocycles. The smallest absolute Gasteiger partial charge is 0.308 e. The molecule has 17 heavy (non-hydrogen) atoms. The highest BCUT2D eigenvalue weighted by molar-refractivity contribution is 6.31. The molecule has 0 aliphatic carbocycles. The summed E-state index contributed by atoms with van der Waals surface area (Å²) in [5, 5.41) is 9.45. The number of benzene rings is 1. The van der Waals surface area contributed by atoms with Crippen molar-refractivity contribution < 1.29 is 14.7 Å². The SMILES string of the molecule is Cc1ccc(Cl)cc1N1C[C@@H](C(=O)O)CC1=O. The minimum atomic E-state index is -0.930. The van der Waals surface area contributed by atoms with E-state index in [0.717, 1.165) is 5.56 Å². The Morgan fingerprint density at radius 1 is 1.53 bits per heavy atom. The Morgan fingerprint density at radius 3 is 2.82 bits per heavy atom. The number of hydrogen-bond acceptors (Lipinski definition) is 2. The number of carbonyl (C=O) groups is 2. The highest BCUT2D eigenvalue weighted by Crippen LogP contribution is 2.30. The molecular formula is C12H12ClNO3. The molecule has 0 bridgehead atoms. The molecule has 1 N–H and O–H groups in total. The zero-order chi connectivity index (χ0) is 12.6. The summed E-state index contributed by atoms with van der Waals surface area (Å²) >= 11 is 5.89. The molecule has 1 aromatic rings. The fourth-order valence-electron chi connectivity index (χ4n) is 1.98. The fourth-order valence-corrected chi connectivity index (χ4v) is 2.15. The van der Waals surface area contributed by atoms with Gasteiger partial charge in [0.25, 0.3) is 0 Å². The first-order valence-corrected chi connectivity index (χ1v) is 5.66. The van der Waals surface area contributed by atoms with Crippen LogP contribution in [0.15, 0.2) is 18.2 Å². The first-order chi connectivity index (χ1) is 7.99. The molecule has 0 unspecified atom stereocenters. The lowest BCUT2D eigenvalue weighted by molar-refractivity contribution is -0.141. The number of carboxylic acid groups (broad SMARTS) is 1. The maximum Gasteiger partial charge on any atom is 0.308 e. The van der Waals surface area contributed by atoms with E-state index >= 15 is 0 Å². The van der Waals surface area contributed by atoms with Crippen molar-refractivity contribution in [2.75, 3.05) is 11.4 Å². The van der Waals surface area contributed by atoms with Gasteiger partial charge >= 0.3 is 5.97 Å². The van der Waals surface area contributed by atoms with Gasteiger partial charge in [0.05, 0.1) is 5.92 Å². The zero-order valence-corrected chi connectivity index (χ0v) is 10.1. The fraction of sp³-hybridized carbons (Fsp3) is 0.333. The summed E-state index contributed by atoms with van der Waals surface area (Å²) in [6.07, 6.45) is 0.0568. The van der Waals surface area contributed by atoms with Gasteiger partial charge in [-0.2, -0.15) is 0 Å². The summed E-state index contributed by atoms with van der Waals surface area (Å²) in [4.78, 5) is 24.1. The molecule has 4 nitrogen and oxygen atoms in total. The van der Waals surface area contributed by atoms with Gasteiger partial charge in [-0.25, -0.2) is 0 Å². The van der Waals surface area contributed by atoms with Gasteiger partial charge in [-0.3, -0.25) is 9.59 Å². The zero-order valence-electron chi connectivity index (χ0n) is 9.31. The topological polar surface area (TPSA) is 57.6 Å². The van der Waals surface area contributed by atoms with Gasteiger partial charge in [-0.15, -0.1) is 0 Å². The van der Waals surface area contributed by atoms with Crippen LogP contribution in [0.5, 0.6) is 0 Å². The van der Waals surface area contributed by atoms with E-state index < -0.39 is 11.9 Å². The molecule has 1 saturated heterocycles. The van der Waals surface area contributed by atoms with Crippen LogP contribution in [0, 0.1) is 12.8 Å². The number of nitrogens with zero attached hydrogens (tertiary/aromatic N) is 1. The van der Waals surface area contributed by atoms with Crippen molar-refractivity contribution in [2.45, 2.75) is 13.3 Å². The minimum absolute atomic E-state index is 0.0568. The van der Waals surface area contributed by atoms with E-state index in [-0.39, 0.29) is 18.9 Å². The Balaban J connectivity index is 2.32. The second-order valence-electron chi connectivity index (χ2n) is 4.17. The van der Waals surface area contributed by atoms with E-state index in [0.29, 0.717) is 10.7 Å². The third-order valence-electron chi connectivity index (χ3n) is 2.94. The molecule has 90 valence electrons. The number of halogens is 1. The number of hydrogen-bond donors (Lipinski definition) is 1. The lowest BCUT2D eigenvalue weighted by atomic mass is 10.1. The molecule has 0 radical (unpaired) electrons.